The van der Waals surface area contributed by atoms with E-state index >= 15 is 0 Å². The Kier molecular flexibility index (Phi) is 3.73. The molecule has 0 amide bonds. The highest BCUT2D eigenvalue weighted by atomic mass is 16.5. The molecule has 0 radical (unpaired) electrons. The average Bonchev–Trinajstić information content (AvgIpc) is 2.44. The molecule has 2 heteroatoms. The Morgan fingerprint density at radius 1 is 1.14 bits per heavy atom. The van der Waals surface area contributed by atoms with E-state index in [-0.39, 0.29) is 0 Å². The zero-order valence-electron chi connectivity index (χ0n) is 13.2. The molecule has 0 aromatic heterocycles. The highest BCUT2D eigenvalue weighted by Gasteiger charge is 2.33. The van der Waals surface area contributed by atoms with Gasteiger partial charge in [-0.1, -0.05) is 36.4 Å². The van der Waals surface area contributed by atoms with Gasteiger partial charge < -0.3 is 10.1 Å². The standard InChI is InChI=1S/C19H23NO/c1-12-9-15(10-13(2)19(12)21-4)18(20-3)17-11-14-7-5-6-8-16(14)17/h5-10,17-18,20H,11H2,1-4H3. The van der Waals surface area contributed by atoms with Gasteiger partial charge >= 0.3 is 0 Å². The van der Waals surface area contributed by atoms with Gasteiger partial charge in [0.15, 0.2) is 0 Å². The first-order chi connectivity index (χ1) is 10.2. The molecule has 1 aliphatic rings. The second kappa shape index (κ2) is 5.53. The minimum absolute atomic E-state index is 0.364. The van der Waals surface area contributed by atoms with Crippen molar-refractivity contribution in [3.63, 3.8) is 0 Å². The third-order valence-corrected chi connectivity index (χ3v) is 4.65. The summed E-state index contributed by atoms with van der Waals surface area (Å²) < 4.78 is 5.48. The molecule has 110 valence electrons. The first kappa shape index (κ1) is 14.2. The molecule has 2 unspecified atom stereocenters. The maximum Gasteiger partial charge on any atom is 0.124 e. The van der Waals surface area contributed by atoms with Crippen molar-refractivity contribution in [1.82, 2.24) is 5.32 Å². The van der Waals surface area contributed by atoms with Crippen LogP contribution in [0.2, 0.25) is 0 Å². The number of methoxy groups -OCH3 is 1. The van der Waals surface area contributed by atoms with Crippen molar-refractivity contribution in [2.24, 2.45) is 0 Å². The van der Waals surface area contributed by atoms with Gasteiger partial charge in [0.05, 0.1) is 7.11 Å². The van der Waals surface area contributed by atoms with Crippen LogP contribution in [0.1, 0.15) is 39.8 Å². The first-order valence-electron chi connectivity index (χ1n) is 7.56. The van der Waals surface area contributed by atoms with Crippen LogP contribution in [-0.2, 0) is 6.42 Å². The molecule has 2 aromatic carbocycles. The highest BCUT2D eigenvalue weighted by molar-refractivity contribution is 5.47. The molecule has 2 nitrogen and oxygen atoms in total. The Labute approximate surface area is 127 Å². The van der Waals surface area contributed by atoms with Crippen molar-refractivity contribution in [3.8, 4) is 5.75 Å². The fourth-order valence-electron chi connectivity index (χ4n) is 3.68. The van der Waals surface area contributed by atoms with Gasteiger partial charge in [0.25, 0.3) is 0 Å². The molecule has 3 rings (SSSR count). The molecule has 2 atom stereocenters. The van der Waals surface area contributed by atoms with Gasteiger partial charge in [0.1, 0.15) is 5.75 Å². The number of rotatable bonds is 4. The number of ether oxygens (including phenoxy) is 1. The quantitative estimate of drug-likeness (QED) is 0.917. The molecule has 1 N–H and O–H groups in total. The number of nitrogens with one attached hydrogen (secondary N) is 1. The van der Waals surface area contributed by atoms with Crippen LogP contribution in [0.25, 0.3) is 0 Å². The van der Waals surface area contributed by atoms with Gasteiger partial charge in [-0.15, -0.1) is 0 Å². The zero-order chi connectivity index (χ0) is 15.0. The largest absolute Gasteiger partial charge is 0.496 e. The Morgan fingerprint density at radius 2 is 1.81 bits per heavy atom. The van der Waals surface area contributed by atoms with Crippen LogP contribution in [0.4, 0.5) is 0 Å². The van der Waals surface area contributed by atoms with Crippen molar-refractivity contribution in [3.05, 3.63) is 64.2 Å². The van der Waals surface area contributed by atoms with Gasteiger partial charge in [-0.2, -0.15) is 0 Å². The predicted octanol–water partition coefficient (Wildman–Crippen LogP) is 3.91. The van der Waals surface area contributed by atoms with Crippen LogP contribution in [0, 0.1) is 13.8 Å². The Balaban J connectivity index is 1.95. The van der Waals surface area contributed by atoms with E-state index in [0.717, 1.165) is 12.2 Å². The highest BCUT2D eigenvalue weighted by Crippen LogP contribution is 2.44. The lowest BCUT2D eigenvalue weighted by Gasteiger charge is -2.37. The second-order valence-electron chi connectivity index (χ2n) is 5.96. The van der Waals surface area contributed by atoms with Crippen LogP contribution in [0.3, 0.4) is 0 Å². The van der Waals surface area contributed by atoms with Gasteiger partial charge in [0, 0.05) is 12.0 Å². The zero-order valence-corrected chi connectivity index (χ0v) is 13.2. The Hall–Kier alpha value is -1.80. The number of likely N-dealkylation sites (N-methyl/N-ethyl adjacent to an activating group) is 1. The van der Waals surface area contributed by atoms with E-state index in [1.54, 1.807) is 7.11 Å². The minimum Gasteiger partial charge on any atom is -0.496 e. The molecule has 0 aliphatic heterocycles. The molecule has 21 heavy (non-hydrogen) atoms. The third-order valence-electron chi connectivity index (χ3n) is 4.65. The summed E-state index contributed by atoms with van der Waals surface area (Å²) in [6.45, 7) is 4.24. The van der Waals surface area contributed by atoms with Crippen molar-refractivity contribution in [2.45, 2.75) is 32.2 Å². The summed E-state index contributed by atoms with van der Waals surface area (Å²) in [6.07, 6.45) is 1.16. The van der Waals surface area contributed by atoms with Gasteiger partial charge in [-0.05, 0) is 55.1 Å². The summed E-state index contributed by atoms with van der Waals surface area (Å²) in [5, 5.41) is 3.51. The second-order valence-corrected chi connectivity index (χ2v) is 5.96. The van der Waals surface area contributed by atoms with Crippen LogP contribution < -0.4 is 10.1 Å². The Morgan fingerprint density at radius 3 is 2.38 bits per heavy atom. The lowest BCUT2D eigenvalue weighted by molar-refractivity contribution is 0.406. The molecule has 2 aromatic rings. The number of aryl methyl sites for hydroxylation is 2. The average molecular weight is 281 g/mol. The summed E-state index contributed by atoms with van der Waals surface area (Å²) in [5.74, 6) is 1.57. The smallest absolute Gasteiger partial charge is 0.124 e. The molecule has 0 spiro atoms. The van der Waals surface area contributed by atoms with Gasteiger partial charge in [-0.25, -0.2) is 0 Å². The van der Waals surface area contributed by atoms with Crippen LogP contribution in [0.5, 0.6) is 5.75 Å². The summed E-state index contributed by atoms with van der Waals surface area (Å²) in [6, 6.07) is 13.7. The van der Waals surface area contributed by atoms with Crippen molar-refractivity contribution in [1.29, 1.82) is 0 Å². The molecule has 1 aliphatic carbocycles. The minimum atomic E-state index is 0.364. The maximum atomic E-state index is 5.48. The van der Waals surface area contributed by atoms with Crippen molar-refractivity contribution in [2.75, 3.05) is 14.2 Å². The maximum absolute atomic E-state index is 5.48. The summed E-state index contributed by atoms with van der Waals surface area (Å²) >= 11 is 0. The van der Waals surface area contributed by atoms with E-state index in [4.69, 9.17) is 4.74 Å². The van der Waals surface area contributed by atoms with Crippen molar-refractivity contribution < 1.29 is 4.74 Å². The molecule has 0 saturated heterocycles. The molecular formula is C19H23NO. The van der Waals surface area contributed by atoms with Crippen molar-refractivity contribution >= 4 is 0 Å². The lowest BCUT2D eigenvalue weighted by Crippen LogP contribution is -2.31. The fourth-order valence-corrected chi connectivity index (χ4v) is 3.68. The summed E-state index contributed by atoms with van der Waals surface area (Å²) in [4.78, 5) is 0. The number of benzene rings is 2. The van der Waals surface area contributed by atoms with E-state index in [1.165, 1.54) is 27.8 Å². The molecule has 0 saturated carbocycles. The lowest BCUT2D eigenvalue weighted by atomic mass is 9.71. The Bertz CT molecular complexity index is 639. The third kappa shape index (κ3) is 2.34. The fraction of sp³-hybridized carbons (Fsp3) is 0.368. The monoisotopic (exact) mass is 281 g/mol. The van der Waals surface area contributed by atoms with E-state index in [0.29, 0.717) is 12.0 Å². The van der Waals surface area contributed by atoms with Gasteiger partial charge in [-0.3, -0.25) is 0 Å². The summed E-state index contributed by atoms with van der Waals surface area (Å²) in [5.41, 5.74) is 6.75. The van der Waals surface area contributed by atoms with E-state index in [1.807, 2.05) is 0 Å². The molecule has 0 heterocycles. The SMILES string of the molecule is CNC(c1cc(C)c(OC)c(C)c1)C1Cc2ccccc21. The number of hydrogen-bond acceptors (Lipinski definition) is 2. The normalized spacial score (nSPS) is 17.8. The van der Waals surface area contributed by atoms with E-state index in [2.05, 4.69) is 62.6 Å². The summed E-state index contributed by atoms with van der Waals surface area (Å²) in [7, 11) is 3.80. The van der Waals surface area contributed by atoms with Crippen LogP contribution in [-0.4, -0.2) is 14.2 Å². The molecule has 0 bridgehead atoms. The number of hydrogen-bond donors (Lipinski definition) is 1. The van der Waals surface area contributed by atoms with E-state index in [9.17, 15) is 0 Å². The number of fused-ring (bicyclic) bond motifs is 1. The topological polar surface area (TPSA) is 21.3 Å². The van der Waals surface area contributed by atoms with Gasteiger partial charge in [0.2, 0.25) is 0 Å². The molecular weight excluding hydrogens is 258 g/mol. The first-order valence-corrected chi connectivity index (χ1v) is 7.56. The molecule has 0 fully saturated rings. The van der Waals surface area contributed by atoms with Crippen LogP contribution in [0.15, 0.2) is 36.4 Å². The van der Waals surface area contributed by atoms with E-state index < -0.39 is 0 Å². The predicted molar refractivity (Wildman–Crippen MR) is 87.2 cm³/mol. The van der Waals surface area contributed by atoms with Crippen LogP contribution >= 0.6 is 0 Å².